The van der Waals surface area contributed by atoms with Crippen LogP contribution >= 0.6 is 0 Å². The second-order valence-corrected chi connectivity index (χ2v) is 3.93. The van der Waals surface area contributed by atoms with E-state index in [1.807, 2.05) is 25.5 Å². The fraction of sp³-hybridized carbons (Fsp3) is 0.333. The molecule has 2 rings (SSSR count). The van der Waals surface area contributed by atoms with Crippen LogP contribution in [0.4, 0.5) is 0 Å². The topological polar surface area (TPSA) is 51.9 Å². The summed E-state index contributed by atoms with van der Waals surface area (Å²) >= 11 is 0. The van der Waals surface area contributed by atoms with Gasteiger partial charge in [0.2, 0.25) is 0 Å². The van der Waals surface area contributed by atoms with E-state index in [-0.39, 0.29) is 5.56 Å². The lowest BCUT2D eigenvalue weighted by atomic mass is 10.3. The molecule has 90 valence electrons. The van der Waals surface area contributed by atoms with E-state index in [4.69, 9.17) is 0 Å². The van der Waals surface area contributed by atoms with Gasteiger partial charge in [0.1, 0.15) is 0 Å². The summed E-state index contributed by atoms with van der Waals surface area (Å²) in [6.45, 7) is 2.22. The largest absolute Gasteiger partial charge is 0.314 e. The Bertz CT molecular complexity index is 529. The van der Waals surface area contributed by atoms with Crippen molar-refractivity contribution in [3.05, 3.63) is 52.7 Å². The maximum absolute atomic E-state index is 11.4. The van der Waals surface area contributed by atoms with Gasteiger partial charge in [-0.3, -0.25) is 9.48 Å². The minimum Gasteiger partial charge on any atom is -0.314 e. The highest BCUT2D eigenvalue weighted by Gasteiger charge is 1.96. The Kier molecular flexibility index (Phi) is 3.72. The van der Waals surface area contributed by atoms with E-state index in [0.29, 0.717) is 6.54 Å². The predicted octanol–water partition coefficient (Wildman–Crippen LogP) is 0.372. The van der Waals surface area contributed by atoms with E-state index in [9.17, 15) is 4.79 Å². The Morgan fingerprint density at radius 2 is 2.29 bits per heavy atom. The van der Waals surface area contributed by atoms with Crippen LogP contribution in [0.3, 0.4) is 0 Å². The minimum absolute atomic E-state index is 0.0377. The molecule has 0 bridgehead atoms. The number of hydrogen-bond donors (Lipinski definition) is 1. The third-order valence-electron chi connectivity index (χ3n) is 2.52. The van der Waals surface area contributed by atoms with Crippen LogP contribution < -0.4 is 10.9 Å². The van der Waals surface area contributed by atoms with Crippen molar-refractivity contribution in [2.75, 3.05) is 6.54 Å². The second-order valence-electron chi connectivity index (χ2n) is 3.93. The Hall–Kier alpha value is -1.88. The normalized spacial score (nSPS) is 10.6. The highest BCUT2D eigenvalue weighted by Crippen LogP contribution is 1.94. The van der Waals surface area contributed by atoms with Crippen molar-refractivity contribution < 1.29 is 0 Å². The zero-order valence-corrected chi connectivity index (χ0v) is 9.84. The smallest absolute Gasteiger partial charge is 0.250 e. The molecule has 0 aromatic carbocycles. The summed E-state index contributed by atoms with van der Waals surface area (Å²) in [5.74, 6) is 0. The van der Waals surface area contributed by atoms with Gasteiger partial charge >= 0.3 is 0 Å². The molecule has 0 aliphatic heterocycles. The summed E-state index contributed by atoms with van der Waals surface area (Å²) in [7, 11) is 1.90. The van der Waals surface area contributed by atoms with Gasteiger partial charge in [-0.25, -0.2) is 0 Å². The maximum Gasteiger partial charge on any atom is 0.250 e. The summed E-state index contributed by atoms with van der Waals surface area (Å²) in [5.41, 5.74) is 1.18. The molecule has 2 heterocycles. The average molecular weight is 232 g/mol. The van der Waals surface area contributed by atoms with E-state index in [0.717, 1.165) is 18.7 Å². The van der Waals surface area contributed by atoms with E-state index < -0.39 is 0 Å². The lowest BCUT2D eigenvalue weighted by Crippen LogP contribution is -2.25. The number of aromatic nitrogens is 3. The number of pyridine rings is 1. The van der Waals surface area contributed by atoms with Crippen LogP contribution in [0.25, 0.3) is 0 Å². The van der Waals surface area contributed by atoms with Gasteiger partial charge in [-0.1, -0.05) is 6.07 Å². The summed E-state index contributed by atoms with van der Waals surface area (Å²) < 4.78 is 3.47. The number of aryl methyl sites for hydroxylation is 1. The standard InChI is InChI=1S/C12H16N4O/c1-15-10-11(9-14-15)8-13-5-7-16-6-3-2-4-12(16)17/h2-4,6,9-10,13H,5,7-8H2,1H3. The third-order valence-corrected chi connectivity index (χ3v) is 2.52. The fourth-order valence-corrected chi connectivity index (χ4v) is 1.64. The molecule has 5 heteroatoms. The molecule has 1 N–H and O–H groups in total. The van der Waals surface area contributed by atoms with Gasteiger partial charge in [0.25, 0.3) is 5.56 Å². The first-order valence-corrected chi connectivity index (χ1v) is 5.59. The molecule has 5 nitrogen and oxygen atoms in total. The lowest BCUT2D eigenvalue weighted by Gasteiger charge is -2.05. The zero-order valence-electron chi connectivity index (χ0n) is 9.84. The van der Waals surface area contributed by atoms with Crippen LogP contribution in [-0.2, 0) is 20.1 Å². The minimum atomic E-state index is 0.0377. The monoisotopic (exact) mass is 232 g/mol. The predicted molar refractivity (Wildman–Crippen MR) is 65.6 cm³/mol. The first-order chi connectivity index (χ1) is 8.25. The second kappa shape index (κ2) is 5.45. The van der Waals surface area contributed by atoms with Crippen LogP contribution in [0.1, 0.15) is 5.56 Å². The molecule has 0 saturated carbocycles. The van der Waals surface area contributed by atoms with Crippen molar-refractivity contribution in [1.29, 1.82) is 0 Å². The Balaban J connectivity index is 1.77. The molecular weight excluding hydrogens is 216 g/mol. The molecule has 0 unspecified atom stereocenters. The van der Waals surface area contributed by atoms with E-state index in [2.05, 4.69) is 10.4 Å². The summed E-state index contributed by atoms with van der Waals surface area (Å²) in [5, 5.41) is 7.37. The van der Waals surface area contributed by atoms with E-state index >= 15 is 0 Å². The number of nitrogens with zero attached hydrogens (tertiary/aromatic N) is 3. The van der Waals surface area contributed by atoms with Crippen LogP contribution in [0, 0.1) is 0 Å². The molecule has 0 saturated heterocycles. The Morgan fingerprint density at radius 3 is 3.00 bits per heavy atom. The summed E-state index contributed by atoms with van der Waals surface area (Å²) in [4.78, 5) is 11.4. The van der Waals surface area contributed by atoms with Gasteiger partial charge in [-0.2, -0.15) is 5.10 Å². The molecule has 0 aliphatic rings. The van der Waals surface area contributed by atoms with Crippen molar-refractivity contribution in [3.8, 4) is 0 Å². The first-order valence-electron chi connectivity index (χ1n) is 5.59. The molecule has 0 amide bonds. The van der Waals surface area contributed by atoms with Crippen molar-refractivity contribution >= 4 is 0 Å². The number of rotatable bonds is 5. The number of hydrogen-bond acceptors (Lipinski definition) is 3. The van der Waals surface area contributed by atoms with Crippen LogP contribution in [0.5, 0.6) is 0 Å². The van der Waals surface area contributed by atoms with Crippen molar-refractivity contribution in [1.82, 2.24) is 19.7 Å². The Labute approximate surface area is 99.7 Å². The van der Waals surface area contributed by atoms with E-state index in [1.54, 1.807) is 27.6 Å². The van der Waals surface area contributed by atoms with Crippen LogP contribution in [0.2, 0.25) is 0 Å². The molecule has 0 spiro atoms. The molecular formula is C12H16N4O. The maximum atomic E-state index is 11.4. The quantitative estimate of drug-likeness (QED) is 0.758. The van der Waals surface area contributed by atoms with Gasteiger partial charge < -0.3 is 9.88 Å². The van der Waals surface area contributed by atoms with Gasteiger partial charge in [-0.15, -0.1) is 0 Å². The third kappa shape index (κ3) is 3.29. The highest BCUT2D eigenvalue weighted by molar-refractivity contribution is 5.02. The molecule has 2 aromatic rings. The summed E-state index contributed by atoms with van der Waals surface area (Å²) in [6, 6.07) is 5.19. The van der Waals surface area contributed by atoms with Crippen molar-refractivity contribution in [3.63, 3.8) is 0 Å². The SMILES string of the molecule is Cn1cc(CNCCn2ccccc2=O)cn1. The Morgan fingerprint density at radius 1 is 1.41 bits per heavy atom. The molecule has 17 heavy (non-hydrogen) atoms. The zero-order chi connectivity index (χ0) is 12.1. The highest BCUT2D eigenvalue weighted by atomic mass is 16.1. The molecule has 0 radical (unpaired) electrons. The van der Waals surface area contributed by atoms with Crippen LogP contribution in [-0.4, -0.2) is 20.9 Å². The summed E-state index contributed by atoms with van der Waals surface area (Å²) in [6.07, 6.45) is 5.61. The molecule has 0 aliphatic carbocycles. The number of nitrogens with one attached hydrogen (secondary N) is 1. The van der Waals surface area contributed by atoms with Gasteiger partial charge in [0.05, 0.1) is 6.20 Å². The lowest BCUT2D eigenvalue weighted by molar-refractivity contribution is 0.585. The van der Waals surface area contributed by atoms with Crippen molar-refractivity contribution in [2.45, 2.75) is 13.1 Å². The van der Waals surface area contributed by atoms with Gasteiger partial charge in [0, 0.05) is 50.7 Å². The van der Waals surface area contributed by atoms with Crippen LogP contribution in [0.15, 0.2) is 41.6 Å². The fourth-order valence-electron chi connectivity index (χ4n) is 1.64. The first kappa shape index (κ1) is 11.6. The molecule has 0 fully saturated rings. The van der Waals surface area contributed by atoms with Crippen molar-refractivity contribution in [2.24, 2.45) is 7.05 Å². The van der Waals surface area contributed by atoms with Gasteiger partial charge in [0.15, 0.2) is 0 Å². The van der Waals surface area contributed by atoms with E-state index in [1.165, 1.54) is 0 Å². The molecule has 0 atom stereocenters. The molecule has 2 aromatic heterocycles. The van der Waals surface area contributed by atoms with Gasteiger partial charge in [-0.05, 0) is 6.07 Å². The average Bonchev–Trinajstić information content (AvgIpc) is 2.73.